The minimum Gasteiger partial charge on any atom is -0.507 e. The van der Waals surface area contributed by atoms with Crippen molar-refractivity contribution in [1.29, 1.82) is 0 Å². The Morgan fingerprint density at radius 1 is 1.07 bits per heavy atom. The van der Waals surface area contributed by atoms with Gasteiger partial charge in [0, 0.05) is 24.2 Å². The van der Waals surface area contributed by atoms with Gasteiger partial charge in [-0.1, -0.05) is 54.3 Å². The van der Waals surface area contributed by atoms with Crippen LogP contribution in [-0.2, 0) is 6.54 Å². The monoisotopic (exact) mass is 424 g/mol. The highest BCUT2D eigenvalue weighted by atomic mass is 35.5. The highest BCUT2D eigenvalue weighted by Gasteiger charge is 2.23. The van der Waals surface area contributed by atoms with Crippen LogP contribution in [0, 0.1) is 6.92 Å². The topological polar surface area (TPSA) is 74.5 Å². The van der Waals surface area contributed by atoms with E-state index in [-0.39, 0.29) is 28.5 Å². The predicted octanol–water partition coefficient (Wildman–Crippen LogP) is 5.25. The Labute approximate surface area is 180 Å². The van der Waals surface area contributed by atoms with Gasteiger partial charge in [0.2, 0.25) is 0 Å². The van der Waals surface area contributed by atoms with Crippen molar-refractivity contribution in [2.24, 2.45) is 0 Å². The molecule has 1 fully saturated rings. The first-order valence-corrected chi connectivity index (χ1v) is 10.6. The summed E-state index contributed by atoms with van der Waals surface area (Å²) >= 11 is 6.10. The average Bonchev–Trinajstić information content (AvgIpc) is 3.36. The third-order valence-corrected chi connectivity index (χ3v) is 6.01. The smallest absolute Gasteiger partial charge is 0.268 e. The van der Waals surface area contributed by atoms with Gasteiger partial charge in [-0.2, -0.15) is 0 Å². The van der Waals surface area contributed by atoms with E-state index in [0.717, 1.165) is 36.8 Å². The van der Waals surface area contributed by atoms with Crippen LogP contribution in [0.4, 0.5) is 0 Å². The number of hydrogen-bond donors (Lipinski definition) is 3. The second-order valence-electron chi connectivity index (χ2n) is 7.95. The normalized spacial score (nSPS) is 14.2. The van der Waals surface area contributed by atoms with Gasteiger partial charge in [0.05, 0.1) is 10.7 Å². The fraction of sp³-hybridized carbons (Fsp3) is 0.292. The quantitative estimate of drug-likeness (QED) is 0.523. The Morgan fingerprint density at radius 2 is 1.77 bits per heavy atom. The first-order chi connectivity index (χ1) is 14.4. The van der Waals surface area contributed by atoms with Crippen molar-refractivity contribution in [1.82, 2.24) is 9.88 Å². The number of carbonyl (C=O) groups excluding carboxylic acids is 1. The van der Waals surface area contributed by atoms with Crippen LogP contribution in [0.5, 0.6) is 11.5 Å². The molecule has 30 heavy (non-hydrogen) atoms. The van der Waals surface area contributed by atoms with Crippen LogP contribution in [0.25, 0.3) is 11.3 Å². The Bertz CT molecular complexity index is 1070. The molecular formula is C24H25ClN2O3. The summed E-state index contributed by atoms with van der Waals surface area (Å²) in [5.41, 5.74) is 3.85. The van der Waals surface area contributed by atoms with Crippen molar-refractivity contribution in [3.05, 3.63) is 70.4 Å². The van der Waals surface area contributed by atoms with E-state index in [1.54, 1.807) is 12.1 Å². The first-order valence-electron chi connectivity index (χ1n) is 10.2. The lowest BCUT2D eigenvalue weighted by Crippen LogP contribution is -2.34. The lowest BCUT2D eigenvalue weighted by molar-refractivity contribution is 0.0929. The first kappa shape index (κ1) is 20.4. The molecule has 156 valence electrons. The van der Waals surface area contributed by atoms with Gasteiger partial charge in [-0.25, -0.2) is 0 Å². The van der Waals surface area contributed by atoms with Gasteiger partial charge >= 0.3 is 0 Å². The van der Waals surface area contributed by atoms with Crippen molar-refractivity contribution in [2.75, 3.05) is 0 Å². The number of rotatable bonds is 5. The fourth-order valence-electron chi connectivity index (χ4n) is 4.03. The van der Waals surface area contributed by atoms with Crippen LogP contribution < -0.4 is 5.32 Å². The summed E-state index contributed by atoms with van der Waals surface area (Å²) < 4.78 is 1.89. The van der Waals surface area contributed by atoms with Crippen molar-refractivity contribution >= 4 is 17.5 Å². The van der Waals surface area contributed by atoms with E-state index in [2.05, 4.69) is 5.32 Å². The maximum atomic E-state index is 13.1. The lowest BCUT2D eigenvalue weighted by Gasteiger charge is -2.17. The van der Waals surface area contributed by atoms with Gasteiger partial charge < -0.3 is 20.1 Å². The van der Waals surface area contributed by atoms with E-state index in [1.807, 2.05) is 35.8 Å². The van der Waals surface area contributed by atoms with Crippen LogP contribution >= 0.6 is 11.6 Å². The van der Waals surface area contributed by atoms with E-state index in [4.69, 9.17) is 11.6 Å². The summed E-state index contributed by atoms with van der Waals surface area (Å²) in [4.78, 5) is 13.1. The zero-order valence-electron chi connectivity index (χ0n) is 16.9. The molecule has 1 aliphatic rings. The highest BCUT2D eigenvalue weighted by molar-refractivity contribution is 6.32. The number of phenolic OH excluding ortho intramolecular Hbond substituents is 2. The molecule has 0 spiro atoms. The summed E-state index contributed by atoms with van der Waals surface area (Å²) in [7, 11) is 0. The molecule has 5 nitrogen and oxygen atoms in total. The number of aromatic nitrogens is 1. The van der Waals surface area contributed by atoms with E-state index < -0.39 is 0 Å². The van der Waals surface area contributed by atoms with Gasteiger partial charge in [0.25, 0.3) is 5.91 Å². The molecule has 1 saturated carbocycles. The highest BCUT2D eigenvalue weighted by Crippen LogP contribution is 2.38. The molecule has 0 aliphatic heterocycles. The van der Waals surface area contributed by atoms with E-state index >= 15 is 0 Å². The fourth-order valence-corrected chi connectivity index (χ4v) is 4.20. The maximum absolute atomic E-state index is 13.1. The van der Waals surface area contributed by atoms with Gasteiger partial charge in [-0.3, -0.25) is 4.79 Å². The van der Waals surface area contributed by atoms with Crippen molar-refractivity contribution in [3.63, 3.8) is 0 Å². The summed E-state index contributed by atoms with van der Waals surface area (Å²) in [6.45, 7) is 2.50. The standard InChI is InChI=1S/C24H25ClN2O3/c1-15-6-8-16(9-7-15)14-27-20(18-12-19(25)23(29)13-22(18)28)10-11-21(27)24(30)26-17-4-2-3-5-17/h6-13,17,28-29H,2-5,14H2,1H3,(H,26,30). The number of phenols is 2. The molecule has 0 bridgehead atoms. The molecule has 0 atom stereocenters. The number of halogens is 1. The minimum absolute atomic E-state index is 0.0945. The summed E-state index contributed by atoms with van der Waals surface area (Å²) in [6, 6.07) is 14.7. The molecule has 0 radical (unpaired) electrons. The van der Waals surface area contributed by atoms with E-state index in [9.17, 15) is 15.0 Å². The number of amides is 1. The van der Waals surface area contributed by atoms with Crippen molar-refractivity contribution < 1.29 is 15.0 Å². The number of nitrogens with zero attached hydrogens (tertiary/aromatic N) is 1. The van der Waals surface area contributed by atoms with Gasteiger partial charge in [-0.15, -0.1) is 0 Å². The van der Waals surface area contributed by atoms with E-state index in [0.29, 0.717) is 23.5 Å². The molecule has 6 heteroatoms. The van der Waals surface area contributed by atoms with E-state index in [1.165, 1.54) is 12.1 Å². The van der Waals surface area contributed by atoms with Crippen LogP contribution in [0.1, 0.15) is 47.3 Å². The molecular weight excluding hydrogens is 400 g/mol. The van der Waals surface area contributed by atoms with Crippen LogP contribution in [-0.4, -0.2) is 26.7 Å². The van der Waals surface area contributed by atoms with Gasteiger partial charge in [-0.05, 0) is 43.5 Å². The molecule has 2 aromatic carbocycles. The maximum Gasteiger partial charge on any atom is 0.268 e. The van der Waals surface area contributed by atoms with Crippen molar-refractivity contribution in [2.45, 2.75) is 45.2 Å². The number of aromatic hydroxyl groups is 2. The number of aryl methyl sites for hydroxylation is 1. The summed E-state index contributed by atoms with van der Waals surface area (Å²) in [5, 5.41) is 23.5. The van der Waals surface area contributed by atoms with Crippen molar-refractivity contribution in [3.8, 4) is 22.8 Å². The Kier molecular flexibility index (Phi) is 5.73. The minimum atomic E-state index is -0.186. The zero-order valence-corrected chi connectivity index (χ0v) is 17.6. The molecule has 0 saturated heterocycles. The Balaban J connectivity index is 1.76. The largest absolute Gasteiger partial charge is 0.507 e. The van der Waals surface area contributed by atoms with Gasteiger partial charge in [0.15, 0.2) is 0 Å². The number of benzene rings is 2. The third-order valence-electron chi connectivity index (χ3n) is 5.71. The number of carbonyl (C=O) groups is 1. The second kappa shape index (κ2) is 8.44. The van der Waals surface area contributed by atoms with Gasteiger partial charge in [0.1, 0.15) is 17.2 Å². The molecule has 3 N–H and O–H groups in total. The van der Waals surface area contributed by atoms with Crippen LogP contribution in [0.15, 0.2) is 48.5 Å². The molecule has 0 unspecified atom stereocenters. The third kappa shape index (κ3) is 4.17. The molecule has 1 amide bonds. The number of hydrogen-bond acceptors (Lipinski definition) is 3. The number of nitrogens with one attached hydrogen (secondary N) is 1. The molecule has 1 aromatic heterocycles. The molecule has 4 rings (SSSR count). The summed E-state index contributed by atoms with van der Waals surface area (Å²) in [5.74, 6) is -0.402. The zero-order chi connectivity index (χ0) is 21.3. The molecule has 3 aromatic rings. The van der Waals surface area contributed by atoms with Crippen LogP contribution in [0.2, 0.25) is 5.02 Å². The summed E-state index contributed by atoms with van der Waals surface area (Å²) in [6.07, 6.45) is 4.29. The SMILES string of the molecule is Cc1ccc(Cn2c(C(=O)NC3CCCC3)ccc2-c2cc(Cl)c(O)cc2O)cc1. The molecule has 1 aliphatic carbocycles. The molecule has 1 heterocycles. The lowest BCUT2D eigenvalue weighted by atomic mass is 10.1. The van der Waals surface area contributed by atoms with Crippen LogP contribution in [0.3, 0.4) is 0 Å². The Hall–Kier alpha value is -2.92. The Morgan fingerprint density at radius 3 is 2.47 bits per heavy atom. The second-order valence-corrected chi connectivity index (χ2v) is 8.36. The predicted molar refractivity (Wildman–Crippen MR) is 118 cm³/mol. The average molecular weight is 425 g/mol.